The molecule has 1 atom stereocenters. The van der Waals surface area contributed by atoms with Gasteiger partial charge in [-0.25, -0.2) is 13.2 Å². The van der Waals surface area contributed by atoms with E-state index in [0.29, 0.717) is 11.4 Å². The van der Waals surface area contributed by atoms with Gasteiger partial charge in [0.05, 0.1) is 16.3 Å². The summed E-state index contributed by atoms with van der Waals surface area (Å²) in [6, 6.07) is 25.7. The molecule has 7 nitrogen and oxygen atoms in total. The maximum absolute atomic E-state index is 13.5. The van der Waals surface area contributed by atoms with Gasteiger partial charge < -0.3 is 9.47 Å². The van der Waals surface area contributed by atoms with Gasteiger partial charge >= 0.3 is 5.97 Å². The summed E-state index contributed by atoms with van der Waals surface area (Å²) in [5, 5.41) is 4.39. The highest BCUT2D eigenvalue weighted by molar-refractivity contribution is 7.91. The van der Waals surface area contributed by atoms with E-state index < -0.39 is 21.9 Å². The Morgan fingerprint density at radius 1 is 0.879 bits per heavy atom. The number of hydrogen-bond donors (Lipinski definition) is 0. The molecule has 0 N–H and O–H groups in total. The lowest BCUT2D eigenvalue weighted by Gasteiger charge is -2.15. The molecular formula is C25H22N2O5S. The Kier molecular flexibility index (Phi) is 6.28. The van der Waals surface area contributed by atoms with Gasteiger partial charge in [-0.1, -0.05) is 54.6 Å². The van der Waals surface area contributed by atoms with Gasteiger partial charge in [0.2, 0.25) is 15.7 Å². The molecule has 0 saturated carbocycles. The minimum atomic E-state index is -4.02. The molecule has 33 heavy (non-hydrogen) atoms. The van der Waals surface area contributed by atoms with Crippen LogP contribution in [-0.4, -0.2) is 30.3 Å². The van der Waals surface area contributed by atoms with Crippen molar-refractivity contribution in [1.82, 2.24) is 9.78 Å². The number of hydrogen-bond acceptors (Lipinski definition) is 6. The van der Waals surface area contributed by atoms with Gasteiger partial charge in [0.15, 0.2) is 11.0 Å². The first-order chi connectivity index (χ1) is 15.9. The van der Waals surface area contributed by atoms with Crippen LogP contribution < -0.4 is 9.47 Å². The normalized spacial score (nSPS) is 12.2. The number of aryl methyl sites for hydroxylation is 1. The molecule has 1 unspecified atom stereocenters. The quantitative estimate of drug-likeness (QED) is 0.379. The Balaban J connectivity index is 1.77. The van der Waals surface area contributed by atoms with Crippen molar-refractivity contribution in [3.63, 3.8) is 0 Å². The van der Waals surface area contributed by atoms with E-state index in [1.807, 2.05) is 12.1 Å². The summed E-state index contributed by atoms with van der Waals surface area (Å²) in [5.41, 5.74) is 0.761. The van der Waals surface area contributed by atoms with Crippen LogP contribution in [0.4, 0.5) is 0 Å². The maximum atomic E-state index is 13.5. The van der Waals surface area contributed by atoms with Crippen molar-refractivity contribution in [2.24, 2.45) is 0 Å². The number of sulfone groups is 1. The summed E-state index contributed by atoms with van der Waals surface area (Å²) in [7, 11) is -4.02. The molecule has 0 fully saturated rings. The Bertz CT molecular complexity index is 1350. The first kappa shape index (κ1) is 22.3. The van der Waals surface area contributed by atoms with Crippen molar-refractivity contribution in [2.45, 2.75) is 29.7 Å². The number of rotatable bonds is 7. The minimum absolute atomic E-state index is 0.0756. The molecule has 0 radical (unpaired) electrons. The first-order valence-electron chi connectivity index (χ1n) is 10.3. The second-order valence-corrected chi connectivity index (χ2v) is 9.16. The Labute approximate surface area is 192 Å². The molecule has 1 aromatic heterocycles. The molecule has 4 rings (SSSR count). The lowest BCUT2D eigenvalue weighted by atomic mass is 10.3. The highest BCUT2D eigenvalue weighted by Crippen LogP contribution is 2.34. The third kappa shape index (κ3) is 4.65. The predicted molar refractivity (Wildman–Crippen MR) is 122 cm³/mol. The van der Waals surface area contributed by atoms with Gasteiger partial charge in [0, 0.05) is 0 Å². The molecule has 3 aromatic carbocycles. The molecule has 0 bridgehead atoms. The molecule has 0 amide bonds. The van der Waals surface area contributed by atoms with Gasteiger partial charge in [-0.15, -0.1) is 0 Å². The number of aromatic nitrogens is 2. The largest absolute Gasteiger partial charge is 0.479 e. The van der Waals surface area contributed by atoms with Crippen LogP contribution in [0.25, 0.3) is 5.69 Å². The van der Waals surface area contributed by atoms with Crippen LogP contribution in [-0.2, 0) is 14.6 Å². The summed E-state index contributed by atoms with van der Waals surface area (Å²) < 4.78 is 39.6. The molecule has 0 aliphatic heterocycles. The predicted octanol–water partition coefficient (Wildman–Crippen LogP) is 4.39. The summed E-state index contributed by atoms with van der Waals surface area (Å²) in [6.45, 7) is 3.10. The van der Waals surface area contributed by atoms with Crippen molar-refractivity contribution in [3.05, 3.63) is 96.7 Å². The number of nitrogens with zero attached hydrogens (tertiary/aromatic N) is 2. The molecule has 168 valence electrons. The Hall–Kier alpha value is -3.91. The van der Waals surface area contributed by atoms with E-state index in [2.05, 4.69) is 5.10 Å². The lowest BCUT2D eigenvalue weighted by Crippen LogP contribution is -2.29. The average molecular weight is 463 g/mol. The van der Waals surface area contributed by atoms with E-state index in [1.54, 1.807) is 73.7 Å². The number of ether oxygens (including phenoxy) is 2. The lowest BCUT2D eigenvalue weighted by molar-refractivity contribution is -0.142. The third-order valence-electron chi connectivity index (χ3n) is 4.87. The van der Waals surface area contributed by atoms with Crippen LogP contribution in [0.1, 0.15) is 12.6 Å². The van der Waals surface area contributed by atoms with Gasteiger partial charge in [-0.3, -0.25) is 0 Å². The summed E-state index contributed by atoms with van der Waals surface area (Å²) in [5.74, 6) is -0.441. The maximum Gasteiger partial charge on any atom is 0.353 e. The Morgan fingerprint density at radius 2 is 1.42 bits per heavy atom. The van der Waals surface area contributed by atoms with Crippen molar-refractivity contribution in [3.8, 4) is 17.3 Å². The molecule has 1 heterocycles. The third-order valence-corrected chi connectivity index (χ3v) is 6.77. The number of para-hydroxylation sites is 2. The summed E-state index contributed by atoms with van der Waals surface area (Å²) in [4.78, 5) is 12.8. The van der Waals surface area contributed by atoms with Crippen LogP contribution in [0, 0.1) is 6.92 Å². The molecular weight excluding hydrogens is 440 g/mol. The second kappa shape index (κ2) is 9.30. The van der Waals surface area contributed by atoms with Crippen LogP contribution in [0.2, 0.25) is 0 Å². The van der Waals surface area contributed by atoms with Gasteiger partial charge in [0.1, 0.15) is 5.75 Å². The number of esters is 1. The van der Waals surface area contributed by atoms with E-state index in [1.165, 1.54) is 23.7 Å². The monoisotopic (exact) mass is 462 g/mol. The fraction of sp³-hybridized carbons (Fsp3) is 0.120. The van der Waals surface area contributed by atoms with Crippen molar-refractivity contribution >= 4 is 15.8 Å². The van der Waals surface area contributed by atoms with Crippen LogP contribution >= 0.6 is 0 Å². The number of carbonyl (C=O) groups is 1. The topological polar surface area (TPSA) is 87.5 Å². The zero-order chi connectivity index (χ0) is 23.4. The zero-order valence-corrected chi connectivity index (χ0v) is 18.9. The number of carbonyl (C=O) groups excluding carboxylic acids is 1. The molecule has 4 aromatic rings. The first-order valence-corrected chi connectivity index (χ1v) is 11.7. The van der Waals surface area contributed by atoms with Crippen LogP contribution in [0.5, 0.6) is 11.6 Å². The fourth-order valence-corrected chi connectivity index (χ4v) is 4.82. The molecule has 0 aliphatic carbocycles. The summed E-state index contributed by atoms with van der Waals surface area (Å²) >= 11 is 0. The van der Waals surface area contributed by atoms with E-state index in [0.717, 1.165) is 0 Å². The summed E-state index contributed by atoms with van der Waals surface area (Å²) in [6.07, 6.45) is -0.987. The van der Waals surface area contributed by atoms with Gasteiger partial charge in [-0.05, 0) is 50.2 Å². The van der Waals surface area contributed by atoms with E-state index in [-0.39, 0.29) is 21.4 Å². The average Bonchev–Trinajstić information content (AvgIpc) is 3.17. The number of benzene rings is 3. The van der Waals surface area contributed by atoms with Crippen LogP contribution in [0.15, 0.2) is 101 Å². The van der Waals surface area contributed by atoms with Crippen molar-refractivity contribution in [1.29, 1.82) is 0 Å². The molecule has 0 saturated heterocycles. The van der Waals surface area contributed by atoms with E-state index >= 15 is 0 Å². The Morgan fingerprint density at radius 3 is 2.03 bits per heavy atom. The van der Waals surface area contributed by atoms with E-state index in [4.69, 9.17) is 9.47 Å². The molecule has 0 spiro atoms. The van der Waals surface area contributed by atoms with Gasteiger partial charge in [0.25, 0.3) is 0 Å². The molecule has 0 aliphatic rings. The van der Waals surface area contributed by atoms with Crippen molar-refractivity contribution in [2.75, 3.05) is 0 Å². The SMILES string of the molecule is Cc1nn(-c2ccccc2)c(OC(=O)C(C)Oc2ccccc2)c1S(=O)(=O)c1ccccc1. The molecule has 8 heteroatoms. The fourth-order valence-electron chi connectivity index (χ4n) is 3.28. The highest BCUT2D eigenvalue weighted by Gasteiger charge is 2.33. The minimum Gasteiger partial charge on any atom is -0.479 e. The second-order valence-electron chi connectivity index (χ2n) is 7.28. The van der Waals surface area contributed by atoms with Gasteiger partial charge in [-0.2, -0.15) is 9.78 Å². The van der Waals surface area contributed by atoms with Crippen molar-refractivity contribution < 1.29 is 22.7 Å². The smallest absolute Gasteiger partial charge is 0.353 e. The van der Waals surface area contributed by atoms with Crippen LogP contribution in [0.3, 0.4) is 0 Å². The van der Waals surface area contributed by atoms with E-state index in [9.17, 15) is 13.2 Å². The zero-order valence-electron chi connectivity index (χ0n) is 18.1. The standard InChI is InChI=1S/C25H22N2O5S/c1-18-23(33(29,30)22-16-10-5-11-17-22)24(27(26-18)20-12-6-3-7-13-20)32-25(28)19(2)31-21-14-8-4-9-15-21/h3-17,19H,1-2H3. The highest BCUT2D eigenvalue weighted by atomic mass is 32.2.